The molecular formula is C26H28N4O3. The summed E-state index contributed by atoms with van der Waals surface area (Å²) in [4.78, 5) is 24.8. The highest BCUT2D eigenvalue weighted by Crippen LogP contribution is 2.33. The molecule has 0 unspecified atom stereocenters. The van der Waals surface area contributed by atoms with Crippen LogP contribution in [0.2, 0.25) is 0 Å². The molecule has 0 spiro atoms. The van der Waals surface area contributed by atoms with Gasteiger partial charge in [-0.2, -0.15) is 0 Å². The van der Waals surface area contributed by atoms with Gasteiger partial charge in [-0.05, 0) is 53.3 Å². The van der Waals surface area contributed by atoms with Crippen molar-refractivity contribution >= 4 is 17.1 Å². The first kappa shape index (κ1) is 22.3. The summed E-state index contributed by atoms with van der Waals surface area (Å²) in [7, 11) is 1.64. The molecule has 1 amide bonds. The van der Waals surface area contributed by atoms with Crippen molar-refractivity contribution < 1.29 is 14.3 Å². The normalized spacial score (nSPS) is 12.0. The zero-order valence-electron chi connectivity index (χ0n) is 19.0. The third-order valence-electron chi connectivity index (χ3n) is 5.35. The van der Waals surface area contributed by atoms with Crippen LogP contribution in [0.1, 0.15) is 37.7 Å². The van der Waals surface area contributed by atoms with Gasteiger partial charge in [0, 0.05) is 12.4 Å². The molecule has 2 aromatic heterocycles. The van der Waals surface area contributed by atoms with Crippen LogP contribution in [0.25, 0.3) is 22.2 Å². The molecule has 4 rings (SSSR count). The summed E-state index contributed by atoms with van der Waals surface area (Å²) < 4.78 is 11.1. The Morgan fingerprint density at radius 1 is 1.06 bits per heavy atom. The highest BCUT2D eigenvalue weighted by Gasteiger charge is 2.22. The number of nitrogens with one attached hydrogen (secondary N) is 2. The smallest absolute Gasteiger partial charge is 0.408 e. The van der Waals surface area contributed by atoms with Crippen LogP contribution >= 0.6 is 0 Å². The van der Waals surface area contributed by atoms with Gasteiger partial charge in [-0.15, -0.1) is 0 Å². The Hall–Kier alpha value is -3.87. The molecule has 1 atom stereocenters. The number of aromatic amines is 1. The number of H-pyrrole nitrogens is 1. The maximum absolute atomic E-state index is 12.6. The molecule has 170 valence electrons. The summed E-state index contributed by atoms with van der Waals surface area (Å²) in [6.07, 6.45) is 3.74. The standard InChI is InChI=1S/C26H28N4O3/c1-17(2)13-22(29-26(31)33-16-18-7-5-4-6-8-18)25-28-21-14-20(19-9-11-27-12-10-19)15-23(32-3)24(21)30-25/h4-12,14-15,17,22H,13,16H2,1-3H3,(H,28,30)(H,29,31)/t22-/m1/s1. The quantitative estimate of drug-likeness (QED) is 0.367. The molecular weight excluding hydrogens is 416 g/mol. The van der Waals surface area contributed by atoms with Crippen molar-refractivity contribution in [1.82, 2.24) is 20.3 Å². The van der Waals surface area contributed by atoms with E-state index in [1.54, 1.807) is 19.5 Å². The van der Waals surface area contributed by atoms with Gasteiger partial charge in [0.2, 0.25) is 0 Å². The van der Waals surface area contributed by atoms with Crippen LogP contribution in [0.5, 0.6) is 5.75 Å². The van der Waals surface area contributed by atoms with Gasteiger partial charge in [-0.1, -0.05) is 44.2 Å². The molecule has 7 heteroatoms. The summed E-state index contributed by atoms with van der Waals surface area (Å²) in [5.74, 6) is 1.69. The molecule has 4 aromatic rings. The molecule has 0 radical (unpaired) electrons. The number of hydrogen-bond acceptors (Lipinski definition) is 5. The van der Waals surface area contributed by atoms with E-state index in [1.165, 1.54) is 0 Å². The molecule has 0 aliphatic carbocycles. The van der Waals surface area contributed by atoms with Crippen molar-refractivity contribution in [1.29, 1.82) is 0 Å². The number of pyridine rings is 1. The maximum atomic E-state index is 12.6. The number of hydrogen-bond donors (Lipinski definition) is 2. The lowest BCUT2D eigenvalue weighted by Gasteiger charge is -2.18. The second-order valence-electron chi connectivity index (χ2n) is 8.32. The van der Waals surface area contributed by atoms with Gasteiger partial charge in [0.05, 0.1) is 18.7 Å². The number of carbonyl (C=O) groups excluding carboxylic acids is 1. The number of imidazole rings is 1. The molecule has 7 nitrogen and oxygen atoms in total. The predicted octanol–water partition coefficient (Wildman–Crippen LogP) is 5.65. The Balaban J connectivity index is 1.59. The molecule has 0 saturated carbocycles. The van der Waals surface area contributed by atoms with E-state index in [0.717, 1.165) is 27.7 Å². The number of alkyl carbamates (subject to hydrolysis) is 1. The average Bonchev–Trinajstić information content (AvgIpc) is 3.27. The molecule has 33 heavy (non-hydrogen) atoms. The number of fused-ring (bicyclic) bond motifs is 1. The number of rotatable bonds is 8. The van der Waals surface area contributed by atoms with Gasteiger partial charge in [-0.3, -0.25) is 4.98 Å². The van der Waals surface area contributed by atoms with Crippen LogP contribution in [0.15, 0.2) is 67.0 Å². The van der Waals surface area contributed by atoms with Gasteiger partial charge < -0.3 is 19.8 Å². The fraction of sp³-hybridized carbons (Fsp3) is 0.269. The second-order valence-corrected chi connectivity index (χ2v) is 8.32. The minimum absolute atomic E-state index is 0.213. The number of methoxy groups -OCH3 is 1. The van der Waals surface area contributed by atoms with Gasteiger partial charge in [-0.25, -0.2) is 9.78 Å². The van der Waals surface area contributed by atoms with Crippen LogP contribution in [-0.4, -0.2) is 28.2 Å². The molecule has 2 N–H and O–H groups in total. The van der Waals surface area contributed by atoms with Gasteiger partial charge in [0.1, 0.15) is 23.7 Å². The van der Waals surface area contributed by atoms with Crippen LogP contribution in [0.3, 0.4) is 0 Å². The lowest BCUT2D eigenvalue weighted by Crippen LogP contribution is -2.30. The number of nitrogens with zero attached hydrogens (tertiary/aromatic N) is 2. The number of benzene rings is 2. The zero-order chi connectivity index (χ0) is 23.2. The largest absolute Gasteiger partial charge is 0.494 e. The highest BCUT2D eigenvalue weighted by molar-refractivity contribution is 5.87. The van der Waals surface area contributed by atoms with E-state index in [1.807, 2.05) is 54.6 Å². The van der Waals surface area contributed by atoms with E-state index in [4.69, 9.17) is 14.5 Å². The number of aromatic nitrogens is 3. The number of ether oxygens (including phenoxy) is 2. The molecule has 0 bridgehead atoms. The highest BCUT2D eigenvalue weighted by atomic mass is 16.5. The Kier molecular flexibility index (Phi) is 6.88. The van der Waals surface area contributed by atoms with Crippen LogP contribution in [0.4, 0.5) is 4.79 Å². The summed E-state index contributed by atoms with van der Waals surface area (Å²) in [5, 5.41) is 2.98. The first-order chi connectivity index (χ1) is 16.0. The Bertz CT molecular complexity index is 1210. The minimum Gasteiger partial charge on any atom is -0.494 e. The summed E-state index contributed by atoms with van der Waals surface area (Å²) in [5.41, 5.74) is 4.50. The lowest BCUT2D eigenvalue weighted by molar-refractivity contribution is 0.134. The summed E-state index contributed by atoms with van der Waals surface area (Å²) in [6, 6.07) is 17.1. The first-order valence-corrected chi connectivity index (χ1v) is 11.0. The van der Waals surface area contributed by atoms with Crippen molar-refractivity contribution in [2.45, 2.75) is 32.9 Å². The van der Waals surface area contributed by atoms with Gasteiger partial charge >= 0.3 is 6.09 Å². The predicted molar refractivity (Wildman–Crippen MR) is 128 cm³/mol. The van der Waals surface area contributed by atoms with E-state index in [2.05, 4.69) is 29.1 Å². The molecule has 2 aromatic carbocycles. The van der Waals surface area contributed by atoms with Crippen molar-refractivity contribution in [3.63, 3.8) is 0 Å². The number of amides is 1. The van der Waals surface area contributed by atoms with E-state index in [9.17, 15) is 4.79 Å². The minimum atomic E-state index is -0.477. The van der Waals surface area contributed by atoms with Crippen LogP contribution in [0, 0.1) is 5.92 Å². The number of carbonyl (C=O) groups is 1. The van der Waals surface area contributed by atoms with E-state index in [0.29, 0.717) is 23.9 Å². The molecule has 2 heterocycles. The fourth-order valence-electron chi connectivity index (χ4n) is 3.75. The van der Waals surface area contributed by atoms with Crippen molar-refractivity contribution in [3.05, 3.63) is 78.4 Å². The second kappa shape index (κ2) is 10.2. The summed E-state index contributed by atoms with van der Waals surface area (Å²) in [6.45, 7) is 4.42. The van der Waals surface area contributed by atoms with Gasteiger partial charge in [0.25, 0.3) is 0 Å². The fourth-order valence-corrected chi connectivity index (χ4v) is 3.75. The monoisotopic (exact) mass is 444 g/mol. The summed E-state index contributed by atoms with van der Waals surface area (Å²) >= 11 is 0. The van der Waals surface area contributed by atoms with Crippen LogP contribution in [-0.2, 0) is 11.3 Å². The lowest BCUT2D eigenvalue weighted by atomic mass is 10.0. The molecule has 0 saturated heterocycles. The SMILES string of the molecule is COc1cc(-c2ccncc2)cc2nc([C@@H](CC(C)C)NC(=O)OCc3ccccc3)[nH]c12. The van der Waals surface area contributed by atoms with E-state index < -0.39 is 6.09 Å². The maximum Gasteiger partial charge on any atom is 0.408 e. The topological polar surface area (TPSA) is 89.1 Å². The molecule has 0 fully saturated rings. The van der Waals surface area contributed by atoms with E-state index >= 15 is 0 Å². The van der Waals surface area contributed by atoms with Crippen molar-refractivity contribution in [3.8, 4) is 16.9 Å². The average molecular weight is 445 g/mol. The van der Waals surface area contributed by atoms with Crippen molar-refractivity contribution in [2.24, 2.45) is 5.92 Å². The molecule has 0 aliphatic rings. The van der Waals surface area contributed by atoms with E-state index in [-0.39, 0.29) is 12.6 Å². The van der Waals surface area contributed by atoms with Crippen LogP contribution < -0.4 is 10.1 Å². The Morgan fingerprint density at radius 2 is 1.82 bits per heavy atom. The first-order valence-electron chi connectivity index (χ1n) is 11.0. The zero-order valence-corrected chi connectivity index (χ0v) is 19.0. The molecule has 0 aliphatic heterocycles. The van der Waals surface area contributed by atoms with Gasteiger partial charge in [0.15, 0.2) is 0 Å². The third kappa shape index (κ3) is 5.49. The Morgan fingerprint density at radius 3 is 2.52 bits per heavy atom. The third-order valence-corrected chi connectivity index (χ3v) is 5.35. The Labute approximate surface area is 193 Å². The van der Waals surface area contributed by atoms with Crippen molar-refractivity contribution in [2.75, 3.05) is 7.11 Å².